The number of halogens is 1. The summed E-state index contributed by atoms with van der Waals surface area (Å²) in [5.41, 5.74) is 6.57. The Bertz CT molecular complexity index is 337. The fourth-order valence-electron chi connectivity index (χ4n) is 1.92. The summed E-state index contributed by atoms with van der Waals surface area (Å²) >= 11 is 7.57. The molecule has 0 amide bonds. The number of thioether (sulfide) groups is 1. The molecule has 0 atom stereocenters. The molecule has 0 aliphatic heterocycles. The number of rotatable bonds is 3. The van der Waals surface area contributed by atoms with Gasteiger partial charge in [0.15, 0.2) is 0 Å². The lowest BCUT2D eigenvalue weighted by Gasteiger charge is -2.09. The Morgan fingerprint density at radius 1 is 1.40 bits per heavy atom. The van der Waals surface area contributed by atoms with Crippen LogP contribution in [0.15, 0.2) is 17.2 Å². The number of hydrogen-bond acceptors (Lipinski definition) is 3. The Balaban J connectivity index is 1.94. The van der Waals surface area contributed by atoms with Gasteiger partial charge in [0.2, 0.25) is 0 Å². The van der Waals surface area contributed by atoms with E-state index in [4.69, 9.17) is 17.3 Å². The summed E-state index contributed by atoms with van der Waals surface area (Å²) in [6.45, 7) is 0. The van der Waals surface area contributed by atoms with Crippen LogP contribution in [0.3, 0.4) is 0 Å². The second-order valence-corrected chi connectivity index (χ2v) is 5.39. The normalized spacial score (nSPS) is 17.1. The smallest absolute Gasteiger partial charge is 0.130 e. The molecule has 1 aromatic rings. The van der Waals surface area contributed by atoms with E-state index in [1.807, 2.05) is 6.07 Å². The molecule has 2 N–H and O–H groups in total. The fraction of sp³-hybridized carbons (Fsp3) is 0.545. The zero-order chi connectivity index (χ0) is 10.7. The second kappa shape index (κ2) is 5.08. The molecule has 0 unspecified atom stereocenters. The SMILES string of the molecule is Nc1ccc(Cl)nc1SCC1CCCC1. The van der Waals surface area contributed by atoms with E-state index >= 15 is 0 Å². The average Bonchev–Trinajstić information content (AvgIpc) is 2.72. The minimum atomic E-state index is 0.526. The number of pyridine rings is 1. The average molecular weight is 243 g/mol. The largest absolute Gasteiger partial charge is 0.397 e. The Kier molecular flexibility index (Phi) is 3.76. The van der Waals surface area contributed by atoms with Gasteiger partial charge in [-0.15, -0.1) is 11.8 Å². The highest BCUT2D eigenvalue weighted by molar-refractivity contribution is 7.99. The molecule has 0 radical (unpaired) electrons. The van der Waals surface area contributed by atoms with Crippen LogP contribution in [0.4, 0.5) is 5.69 Å². The van der Waals surface area contributed by atoms with Crippen molar-refractivity contribution in [3.8, 4) is 0 Å². The number of anilines is 1. The first-order valence-corrected chi connectivity index (χ1v) is 6.67. The van der Waals surface area contributed by atoms with Crippen LogP contribution in [0.1, 0.15) is 25.7 Å². The molecule has 2 nitrogen and oxygen atoms in total. The van der Waals surface area contributed by atoms with Crippen molar-refractivity contribution in [2.75, 3.05) is 11.5 Å². The van der Waals surface area contributed by atoms with Gasteiger partial charge in [-0.25, -0.2) is 4.98 Å². The third kappa shape index (κ3) is 3.02. The molecular weight excluding hydrogens is 228 g/mol. The molecule has 0 saturated heterocycles. The molecule has 1 aliphatic carbocycles. The van der Waals surface area contributed by atoms with Crippen molar-refractivity contribution in [3.05, 3.63) is 17.3 Å². The second-order valence-electron chi connectivity index (χ2n) is 3.99. The highest BCUT2D eigenvalue weighted by atomic mass is 35.5. The van der Waals surface area contributed by atoms with Crippen LogP contribution in [-0.2, 0) is 0 Å². The van der Waals surface area contributed by atoms with Gasteiger partial charge in [-0.3, -0.25) is 0 Å². The maximum Gasteiger partial charge on any atom is 0.130 e. The first kappa shape index (κ1) is 11.1. The zero-order valence-corrected chi connectivity index (χ0v) is 10.2. The van der Waals surface area contributed by atoms with Gasteiger partial charge in [0, 0.05) is 5.75 Å². The summed E-state index contributed by atoms with van der Waals surface area (Å²) < 4.78 is 0. The number of hydrogen-bond donors (Lipinski definition) is 1. The van der Waals surface area contributed by atoms with E-state index in [0.717, 1.165) is 22.4 Å². The molecule has 0 spiro atoms. The molecule has 1 aromatic heterocycles. The quantitative estimate of drug-likeness (QED) is 0.650. The molecule has 1 saturated carbocycles. The van der Waals surface area contributed by atoms with Crippen molar-refractivity contribution in [2.24, 2.45) is 5.92 Å². The predicted molar refractivity (Wildman–Crippen MR) is 66.3 cm³/mol. The number of nitrogens with two attached hydrogens (primary N) is 1. The Labute approximate surface area is 99.6 Å². The molecule has 0 bridgehead atoms. The maximum atomic E-state index is 5.83. The summed E-state index contributed by atoms with van der Waals surface area (Å²) in [6.07, 6.45) is 5.47. The van der Waals surface area contributed by atoms with Gasteiger partial charge in [0.1, 0.15) is 10.2 Å². The molecule has 15 heavy (non-hydrogen) atoms. The lowest BCUT2D eigenvalue weighted by atomic mass is 10.1. The van der Waals surface area contributed by atoms with E-state index in [2.05, 4.69) is 4.98 Å². The molecule has 2 rings (SSSR count). The lowest BCUT2D eigenvalue weighted by molar-refractivity contribution is 0.623. The predicted octanol–water partition coefficient (Wildman–Crippen LogP) is 3.60. The monoisotopic (exact) mass is 242 g/mol. The standard InChI is InChI=1S/C11H15ClN2S/c12-10-6-5-9(13)11(14-10)15-7-8-3-1-2-4-8/h5-6,8H,1-4,7,13H2. The van der Waals surface area contributed by atoms with Gasteiger partial charge >= 0.3 is 0 Å². The van der Waals surface area contributed by atoms with Crippen LogP contribution in [0.5, 0.6) is 0 Å². The summed E-state index contributed by atoms with van der Waals surface area (Å²) in [4.78, 5) is 4.24. The molecule has 0 aromatic carbocycles. The highest BCUT2D eigenvalue weighted by Gasteiger charge is 2.16. The number of nitrogen functional groups attached to an aromatic ring is 1. The van der Waals surface area contributed by atoms with Gasteiger partial charge in [0.25, 0.3) is 0 Å². The van der Waals surface area contributed by atoms with Crippen molar-refractivity contribution in [2.45, 2.75) is 30.7 Å². The summed E-state index contributed by atoms with van der Waals surface area (Å²) in [6, 6.07) is 3.56. The van der Waals surface area contributed by atoms with E-state index < -0.39 is 0 Å². The first-order chi connectivity index (χ1) is 7.25. The summed E-state index contributed by atoms with van der Waals surface area (Å²) in [5.74, 6) is 1.97. The number of nitrogens with zero attached hydrogens (tertiary/aromatic N) is 1. The molecular formula is C11H15ClN2S. The molecule has 4 heteroatoms. The molecule has 82 valence electrons. The number of aromatic nitrogens is 1. The zero-order valence-electron chi connectivity index (χ0n) is 8.58. The van der Waals surface area contributed by atoms with Crippen LogP contribution >= 0.6 is 23.4 Å². The third-order valence-electron chi connectivity index (χ3n) is 2.79. The fourth-order valence-corrected chi connectivity index (χ4v) is 3.24. The molecule has 1 aliphatic rings. The Morgan fingerprint density at radius 3 is 2.87 bits per heavy atom. The van der Waals surface area contributed by atoms with Crippen molar-refractivity contribution in [3.63, 3.8) is 0 Å². The van der Waals surface area contributed by atoms with Gasteiger partial charge in [-0.1, -0.05) is 24.4 Å². The van der Waals surface area contributed by atoms with Gasteiger partial charge in [0.05, 0.1) is 5.69 Å². The molecule has 1 fully saturated rings. The minimum absolute atomic E-state index is 0.526. The van der Waals surface area contributed by atoms with Gasteiger partial charge < -0.3 is 5.73 Å². The van der Waals surface area contributed by atoms with Crippen LogP contribution in [0.2, 0.25) is 5.15 Å². The highest BCUT2D eigenvalue weighted by Crippen LogP contribution is 2.32. The van der Waals surface area contributed by atoms with Crippen molar-refractivity contribution < 1.29 is 0 Å². The van der Waals surface area contributed by atoms with Crippen LogP contribution in [0, 0.1) is 5.92 Å². The van der Waals surface area contributed by atoms with E-state index in [9.17, 15) is 0 Å². The Hall–Kier alpha value is -0.410. The summed E-state index contributed by atoms with van der Waals surface area (Å²) in [7, 11) is 0. The minimum Gasteiger partial charge on any atom is -0.397 e. The van der Waals surface area contributed by atoms with E-state index in [1.54, 1.807) is 17.8 Å². The van der Waals surface area contributed by atoms with Crippen LogP contribution < -0.4 is 5.73 Å². The first-order valence-electron chi connectivity index (χ1n) is 5.30. The Morgan fingerprint density at radius 2 is 2.13 bits per heavy atom. The lowest BCUT2D eigenvalue weighted by Crippen LogP contribution is -1.99. The van der Waals surface area contributed by atoms with Crippen LogP contribution in [0.25, 0.3) is 0 Å². The summed E-state index contributed by atoms with van der Waals surface area (Å²) in [5, 5.41) is 1.41. The third-order valence-corrected chi connectivity index (χ3v) is 4.24. The van der Waals surface area contributed by atoms with E-state index in [-0.39, 0.29) is 0 Å². The van der Waals surface area contributed by atoms with Gasteiger partial charge in [-0.2, -0.15) is 0 Å². The van der Waals surface area contributed by atoms with E-state index in [1.165, 1.54) is 25.7 Å². The van der Waals surface area contributed by atoms with E-state index in [0.29, 0.717) is 5.15 Å². The maximum absolute atomic E-state index is 5.83. The van der Waals surface area contributed by atoms with Crippen LogP contribution in [-0.4, -0.2) is 10.7 Å². The van der Waals surface area contributed by atoms with Crippen molar-refractivity contribution >= 4 is 29.1 Å². The van der Waals surface area contributed by atoms with Crippen molar-refractivity contribution in [1.29, 1.82) is 0 Å². The van der Waals surface area contributed by atoms with Gasteiger partial charge in [-0.05, 0) is 30.9 Å². The molecule has 1 heterocycles. The topological polar surface area (TPSA) is 38.9 Å². The van der Waals surface area contributed by atoms with Crippen molar-refractivity contribution in [1.82, 2.24) is 4.98 Å².